The van der Waals surface area contributed by atoms with E-state index in [9.17, 15) is 0 Å². The van der Waals surface area contributed by atoms with Gasteiger partial charge in [-0.2, -0.15) is 11.1 Å². The van der Waals surface area contributed by atoms with E-state index in [-0.39, 0.29) is 5.38 Å². The van der Waals surface area contributed by atoms with Crippen LogP contribution in [0.2, 0.25) is 19.1 Å². The van der Waals surface area contributed by atoms with Crippen molar-refractivity contribution in [2.24, 2.45) is 0 Å². The molecular weight excluding hydrogens is 171 g/mol. The van der Waals surface area contributed by atoms with Crippen LogP contribution in [0.5, 0.6) is 0 Å². The van der Waals surface area contributed by atoms with Crippen LogP contribution in [0.15, 0.2) is 0 Å². The summed E-state index contributed by atoms with van der Waals surface area (Å²) in [5.74, 6) is 0. The Hall–Kier alpha value is 0.797. The van der Waals surface area contributed by atoms with Crippen LogP contribution in [0, 0.1) is 0 Å². The largest absolute Gasteiger partial charge is 0.168 e. The van der Waals surface area contributed by atoms with E-state index in [0.29, 0.717) is 0 Å². The summed E-state index contributed by atoms with van der Waals surface area (Å²) in [6.45, 7) is 6.31. The molecule has 0 aliphatic heterocycles. The van der Waals surface area contributed by atoms with E-state index in [4.69, 9.17) is 22.7 Å². The quantitative estimate of drug-likeness (QED) is 0.359. The summed E-state index contributed by atoms with van der Waals surface area (Å²) in [7, 11) is -1.33. The number of alkyl halides is 1. The van der Waals surface area contributed by atoms with Crippen LogP contribution in [-0.4, -0.2) is 12.8 Å². The molecule has 1 atom stereocenters. The average molecular weight is 185 g/mol. The second-order valence-corrected chi connectivity index (χ2v) is 10.8. The van der Waals surface area contributed by atoms with Crippen LogP contribution < -0.4 is 0 Å². The first-order valence-electron chi connectivity index (χ1n) is 3.25. The zero-order chi connectivity index (χ0) is 7.49. The molecule has 0 saturated carbocycles. The first-order chi connectivity index (χ1) is 3.92. The standard InChI is InChI=1S/C6H14Cl2Si/c1-6(7)4-5-9(2,3)8/h6H,4-5H2,1-3H3. The van der Waals surface area contributed by atoms with Crippen LogP contribution in [0.4, 0.5) is 0 Å². The van der Waals surface area contributed by atoms with Gasteiger partial charge in [-0.25, -0.2) is 0 Å². The molecule has 0 N–H and O–H groups in total. The van der Waals surface area contributed by atoms with E-state index in [1.807, 2.05) is 6.92 Å². The van der Waals surface area contributed by atoms with Crippen molar-refractivity contribution in [2.45, 2.75) is 37.9 Å². The Balaban J connectivity index is 3.28. The minimum atomic E-state index is -1.33. The third-order valence-electron chi connectivity index (χ3n) is 1.14. The highest BCUT2D eigenvalue weighted by molar-refractivity contribution is 7.19. The van der Waals surface area contributed by atoms with Crippen LogP contribution in [0.1, 0.15) is 13.3 Å². The molecule has 0 aromatic heterocycles. The second-order valence-electron chi connectivity index (χ2n) is 3.04. The maximum absolute atomic E-state index is 6.06. The van der Waals surface area contributed by atoms with Crippen molar-refractivity contribution in [3.63, 3.8) is 0 Å². The molecule has 56 valence electrons. The topological polar surface area (TPSA) is 0 Å². The van der Waals surface area contributed by atoms with Gasteiger partial charge in [-0.15, -0.1) is 11.6 Å². The molecular formula is C6H14Cl2Si. The molecule has 0 aromatic rings. The van der Waals surface area contributed by atoms with E-state index in [1.165, 1.54) is 0 Å². The SMILES string of the molecule is CC(Cl)CC[Si](C)(C)Cl. The zero-order valence-corrected chi connectivity index (χ0v) is 8.76. The molecule has 0 aromatic carbocycles. The number of rotatable bonds is 3. The lowest BCUT2D eigenvalue weighted by Crippen LogP contribution is -2.16. The summed E-state index contributed by atoms with van der Waals surface area (Å²) in [5.41, 5.74) is 0. The molecule has 3 heteroatoms. The highest BCUT2D eigenvalue weighted by Gasteiger charge is 2.16. The molecule has 0 rings (SSSR count). The van der Waals surface area contributed by atoms with Gasteiger partial charge in [-0.3, -0.25) is 0 Å². The number of hydrogen-bond acceptors (Lipinski definition) is 0. The lowest BCUT2D eigenvalue weighted by molar-refractivity contribution is 0.882. The Labute approximate surface area is 68.3 Å². The molecule has 0 radical (unpaired) electrons. The van der Waals surface area contributed by atoms with Crippen LogP contribution >= 0.6 is 22.7 Å². The van der Waals surface area contributed by atoms with Gasteiger partial charge >= 0.3 is 0 Å². The van der Waals surface area contributed by atoms with E-state index >= 15 is 0 Å². The number of hydrogen-bond donors (Lipinski definition) is 0. The van der Waals surface area contributed by atoms with Gasteiger partial charge in [0.25, 0.3) is 0 Å². The van der Waals surface area contributed by atoms with E-state index in [0.717, 1.165) is 12.5 Å². The molecule has 9 heavy (non-hydrogen) atoms. The molecule has 0 nitrogen and oxygen atoms in total. The van der Waals surface area contributed by atoms with E-state index in [1.54, 1.807) is 0 Å². The monoisotopic (exact) mass is 184 g/mol. The molecule has 1 unspecified atom stereocenters. The molecule has 0 fully saturated rings. The molecule has 0 bridgehead atoms. The van der Waals surface area contributed by atoms with Gasteiger partial charge < -0.3 is 0 Å². The smallest absolute Gasteiger partial charge is 0.150 e. The fraction of sp³-hybridized carbons (Fsp3) is 1.00. The van der Waals surface area contributed by atoms with Crippen LogP contribution in [0.25, 0.3) is 0 Å². The fourth-order valence-electron chi connectivity index (χ4n) is 0.542. The van der Waals surface area contributed by atoms with Gasteiger partial charge in [-0.1, -0.05) is 13.1 Å². The molecule has 0 aliphatic carbocycles. The predicted molar refractivity (Wildman–Crippen MR) is 48.1 cm³/mol. The molecule has 0 saturated heterocycles. The highest BCUT2D eigenvalue weighted by atomic mass is 35.6. The van der Waals surface area contributed by atoms with Crippen LogP contribution in [-0.2, 0) is 0 Å². The Kier molecular flexibility index (Phi) is 4.18. The van der Waals surface area contributed by atoms with Gasteiger partial charge in [0, 0.05) is 5.38 Å². The van der Waals surface area contributed by atoms with Crippen molar-refractivity contribution < 1.29 is 0 Å². The third-order valence-corrected chi connectivity index (χ3v) is 3.40. The summed E-state index contributed by atoms with van der Waals surface area (Å²) >= 11 is 11.8. The Morgan fingerprint density at radius 1 is 1.44 bits per heavy atom. The maximum Gasteiger partial charge on any atom is 0.150 e. The van der Waals surface area contributed by atoms with Crippen molar-refractivity contribution in [3.05, 3.63) is 0 Å². The van der Waals surface area contributed by atoms with Crippen LogP contribution in [0.3, 0.4) is 0 Å². The summed E-state index contributed by atoms with van der Waals surface area (Å²) < 4.78 is 0. The summed E-state index contributed by atoms with van der Waals surface area (Å²) in [6.07, 6.45) is 1.06. The fourth-order valence-corrected chi connectivity index (χ4v) is 2.28. The van der Waals surface area contributed by atoms with Crippen molar-refractivity contribution in [3.8, 4) is 0 Å². The summed E-state index contributed by atoms with van der Waals surface area (Å²) in [5, 5.41) is 0.288. The Morgan fingerprint density at radius 2 is 1.89 bits per heavy atom. The first-order valence-corrected chi connectivity index (χ1v) is 7.90. The highest BCUT2D eigenvalue weighted by Crippen LogP contribution is 2.19. The van der Waals surface area contributed by atoms with Gasteiger partial charge in [-0.05, 0) is 19.4 Å². The van der Waals surface area contributed by atoms with Gasteiger partial charge in [0.15, 0.2) is 7.38 Å². The van der Waals surface area contributed by atoms with E-state index in [2.05, 4.69) is 13.1 Å². The average Bonchev–Trinajstić information content (AvgIpc) is 1.59. The molecule has 0 aliphatic rings. The normalized spacial score (nSPS) is 15.7. The minimum Gasteiger partial charge on any atom is -0.168 e. The van der Waals surface area contributed by atoms with Crippen molar-refractivity contribution in [2.75, 3.05) is 0 Å². The van der Waals surface area contributed by atoms with E-state index < -0.39 is 7.38 Å². The molecule has 0 heterocycles. The number of halogens is 2. The molecule has 0 spiro atoms. The second kappa shape index (κ2) is 3.84. The summed E-state index contributed by atoms with van der Waals surface area (Å²) in [6, 6.07) is 1.12. The molecule has 0 amide bonds. The van der Waals surface area contributed by atoms with Crippen molar-refractivity contribution in [1.29, 1.82) is 0 Å². The predicted octanol–water partition coefficient (Wildman–Crippen LogP) is 3.45. The van der Waals surface area contributed by atoms with Crippen molar-refractivity contribution >= 4 is 30.1 Å². The summed E-state index contributed by atoms with van der Waals surface area (Å²) in [4.78, 5) is 0. The zero-order valence-electron chi connectivity index (χ0n) is 6.25. The minimum absolute atomic E-state index is 0.288. The maximum atomic E-state index is 6.06. The Morgan fingerprint density at radius 3 is 2.00 bits per heavy atom. The first kappa shape index (κ1) is 9.80. The third kappa shape index (κ3) is 8.80. The van der Waals surface area contributed by atoms with Gasteiger partial charge in [0.05, 0.1) is 0 Å². The Bertz CT molecular complexity index is 75.6. The van der Waals surface area contributed by atoms with Crippen molar-refractivity contribution in [1.82, 2.24) is 0 Å². The lowest BCUT2D eigenvalue weighted by atomic mass is 10.4. The van der Waals surface area contributed by atoms with Gasteiger partial charge in [0.1, 0.15) is 0 Å². The van der Waals surface area contributed by atoms with Gasteiger partial charge in [0.2, 0.25) is 0 Å². The lowest BCUT2D eigenvalue weighted by Gasteiger charge is -2.12.